The zero-order valence-corrected chi connectivity index (χ0v) is 16.4. The number of hydrogen-bond donors (Lipinski definition) is 3. The van der Waals surface area contributed by atoms with Gasteiger partial charge in [-0.05, 0) is 36.5 Å². The molecule has 0 spiro atoms. The Morgan fingerprint density at radius 3 is 2.48 bits per heavy atom. The summed E-state index contributed by atoms with van der Waals surface area (Å²) in [5, 5.41) is 21.9. The van der Waals surface area contributed by atoms with Gasteiger partial charge in [-0.25, -0.2) is 4.79 Å². The lowest BCUT2D eigenvalue weighted by Crippen LogP contribution is -2.55. The van der Waals surface area contributed by atoms with Crippen molar-refractivity contribution in [2.75, 3.05) is 13.2 Å². The van der Waals surface area contributed by atoms with Crippen LogP contribution in [0.25, 0.3) is 0 Å². The van der Waals surface area contributed by atoms with Gasteiger partial charge in [0.05, 0.1) is 12.2 Å². The summed E-state index contributed by atoms with van der Waals surface area (Å²) in [5.74, 6) is -0.517. The van der Waals surface area contributed by atoms with Crippen molar-refractivity contribution in [3.63, 3.8) is 0 Å². The maximum atomic E-state index is 11.8. The van der Waals surface area contributed by atoms with Gasteiger partial charge in [-0.3, -0.25) is 4.57 Å². The average molecular weight is 393 g/mol. The highest BCUT2D eigenvalue weighted by molar-refractivity contribution is 7.25. The highest BCUT2D eigenvalue weighted by Gasteiger charge is 2.43. The van der Waals surface area contributed by atoms with Crippen LogP contribution in [-0.2, 0) is 15.7 Å². The minimum atomic E-state index is -1.33. The molecule has 6 nitrogen and oxygen atoms in total. The van der Waals surface area contributed by atoms with Gasteiger partial charge in [-0.2, -0.15) is 0 Å². The molecular formula is C20H28NO5P. The van der Waals surface area contributed by atoms with E-state index < -0.39 is 17.4 Å². The predicted molar refractivity (Wildman–Crippen MR) is 102 cm³/mol. The van der Waals surface area contributed by atoms with Crippen LogP contribution in [0, 0.1) is 5.92 Å². The Morgan fingerprint density at radius 1 is 1.22 bits per heavy atom. The molecule has 0 bridgehead atoms. The second-order valence-electron chi connectivity index (χ2n) is 7.81. The largest absolute Gasteiger partial charge is 0.478 e. The number of aliphatic hydroxyl groups is 1. The van der Waals surface area contributed by atoms with Crippen molar-refractivity contribution in [1.82, 2.24) is 5.32 Å². The number of benzene rings is 1. The normalized spacial score (nSPS) is 26.6. The molecule has 1 heterocycles. The summed E-state index contributed by atoms with van der Waals surface area (Å²) < 4.78 is 17.7. The van der Waals surface area contributed by atoms with E-state index in [4.69, 9.17) is 9.84 Å². The van der Waals surface area contributed by atoms with E-state index in [1.807, 2.05) is 12.1 Å². The first-order chi connectivity index (χ1) is 13.0. The smallest absolute Gasteiger partial charge is 0.335 e. The number of carboxylic acid groups (broad SMARTS) is 1. The summed E-state index contributed by atoms with van der Waals surface area (Å²) >= 11 is 0. The minimum Gasteiger partial charge on any atom is -0.478 e. The van der Waals surface area contributed by atoms with Crippen LogP contribution in [0.2, 0.25) is 0 Å². The van der Waals surface area contributed by atoms with Gasteiger partial charge in [0.15, 0.2) is 13.8 Å². The standard InChI is InChI=1S/C20H28NO5P/c22-19(23)16-8-6-14(7-9-16)10-17-13-26-18(12-21-17)20(24,27-25)11-15-4-2-1-3-5-15/h6-9,15,17-18,21,24H,1-5,10-13H2,(H,22,23)/t17-,18+,20?/m1/s1. The van der Waals surface area contributed by atoms with Gasteiger partial charge in [-0.15, -0.1) is 0 Å². The molecule has 27 heavy (non-hydrogen) atoms. The van der Waals surface area contributed by atoms with Gasteiger partial charge in [0, 0.05) is 12.6 Å². The molecule has 1 aromatic rings. The Hall–Kier alpha value is -1.33. The predicted octanol–water partition coefficient (Wildman–Crippen LogP) is 3.24. The van der Waals surface area contributed by atoms with Gasteiger partial charge in [0.2, 0.25) is 0 Å². The molecule has 3 atom stereocenters. The van der Waals surface area contributed by atoms with E-state index >= 15 is 0 Å². The van der Waals surface area contributed by atoms with Crippen molar-refractivity contribution in [1.29, 1.82) is 0 Å². The molecule has 0 radical (unpaired) electrons. The van der Waals surface area contributed by atoms with E-state index in [9.17, 15) is 14.5 Å². The molecule has 0 aromatic heterocycles. The van der Waals surface area contributed by atoms with Crippen molar-refractivity contribution in [3.05, 3.63) is 35.4 Å². The lowest BCUT2D eigenvalue weighted by atomic mass is 9.84. The topological polar surface area (TPSA) is 95.9 Å². The molecule has 1 aliphatic carbocycles. The Bertz CT molecular complexity index is 638. The Labute approximate surface area is 161 Å². The monoisotopic (exact) mass is 393 g/mol. The molecule has 1 saturated heterocycles. The lowest BCUT2D eigenvalue weighted by molar-refractivity contribution is -0.0942. The fourth-order valence-corrected chi connectivity index (χ4v) is 4.78. The van der Waals surface area contributed by atoms with Crippen molar-refractivity contribution in [2.24, 2.45) is 5.92 Å². The Kier molecular flexibility index (Phi) is 6.99. The van der Waals surface area contributed by atoms with E-state index in [2.05, 4.69) is 5.32 Å². The van der Waals surface area contributed by atoms with Crippen molar-refractivity contribution >= 4 is 14.4 Å². The second kappa shape index (κ2) is 9.24. The van der Waals surface area contributed by atoms with Gasteiger partial charge in [0.1, 0.15) is 6.10 Å². The molecular weight excluding hydrogens is 365 g/mol. The van der Waals surface area contributed by atoms with Crippen LogP contribution < -0.4 is 5.32 Å². The zero-order chi connectivity index (χ0) is 19.3. The highest BCUT2D eigenvalue weighted by Crippen LogP contribution is 2.39. The molecule has 2 aliphatic rings. The summed E-state index contributed by atoms with van der Waals surface area (Å²) in [6.07, 6.45) is 6.55. The lowest BCUT2D eigenvalue weighted by Gasteiger charge is -2.39. The summed E-state index contributed by atoms with van der Waals surface area (Å²) in [6.45, 7) is 0.879. The first-order valence-electron chi connectivity index (χ1n) is 9.74. The molecule has 3 rings (SSSR count). The number of morpholine rings is 1. The molecule has 148 valence electrons. The molecule has 1 aliphatic heterocycles. The molecule has 1 unspecified atom stereocenters. The van der Waals surface area contributed by atoms with Crippen LogP contribution in [0.15, 0.2) is 24.3 Å². The van der Waals surface area contributed by atoms with Crippen LogP contribution in [0.3, 0.4) is 0 Å². The van der Waals surface area contributed by atoms with Crippen LogP contribution in [0.1, 0.15) is 54.4 Å². The molecule has 2 fully saturated rings. The highest BCUT2D eigenvalue weighted by atomic mass is 31.1. The second-order valence-corrected chi connectivity index (χ2v) is 8.77. The minimum absolute atomic E-state index is 0.0826. The third-order valence-corrected chi connectivity index (χ3v) is 6.55. The van der Waals surface area contributed by atoms with Crippen molar-refractivity contribution in [2.45, 2.75) is 62.4 Å². The van der Waals surface area contributed by atoms with E-state index in [1.165, 1.54) is 19.3 Å². The van der Waals surface area contributed by atoms with Crippen molar-refractivity contribution in [3.8, 4) is 0 Å². The fraction of sp³-hybridized carbons (Fsp3) is 0.650. The van der Waals surface area contributed by atoms with Gasteiger partial charge < -0.3 is 20.3 Å². The average Bonchev–Trinajstić information content (AvgIpc) is 2.69. The molecule has 0 amide bonds. The Morgan fingerprint density at radius 2 is 1.93 bits per heavy atom. The molecule has 1 saturated carbocycles. The molecule has 7 heteroatoms. The first kappa shape index (κ1) is 20.4. The van der Waals surface area contributed by atoms with Crippen LogP contribution in [-0.4, -0.2) is 46.8 Å². The summed E-state index contributed by atoms with van der Waals surface area (Å²) in [6, 6.07) is 6.91. The summed E-state index contributed by atoms with van der Waals surface area (Å²) in [7, 11) is -0.265. The fourth-order valence-electron chi connectivity index (χ4n) is 4.16. The summed E-state index contributed by atoms with van der Waals surface area (Å²) in [4.78, 5) is 10.9. The maximum Gasteiger partial charge on any atom is 0.335 e. The van der Waals surface area contributed by atoms with Gasteiger partial charge >= 0.3 is 5.97 Å². The molecule has 1 aromatic carbocycles. The third-order valence-electron chi connectivity index (χ3n) is 5.76. The van der Waals surface area contributed by atoms with E-state index in [0.717, 1.165) is 18.4 Å². The third kappa shape index (κ3) is 5.35. The molecule has 3 N–H and O–H groups in total. The Balaban J connectivity index is 1.52. The number of aromatic carboxylic acids is 1. The van der Waals surface area contributed by atoms with Crippen LogP contribution in [0.4, 0.5) is 0 Å². The van der Waals surface area contributed by atoms with Gasteiger partial charge in [0.25, 0.3) is 0 Å². The van der Waals surface area contributed by atoms with Gasteiger partial charge in [-0.1, -0.05) is 44.2 Å². The SMILES string of the molecule is O=PC(O)(CC1CCCCC1)[C@@H]1CN[C@H](Cc2ccc(C(=O)O)cc2)CO1. The quantitative estimate of drug-likeness (QED) is 0.616. The van der Waals surface area contributed by atoms with E-state index in [-0.39, 0.29) is 20.1 Å². The summed E-state index contributed by atoms with van der Waals surface area (Å²) in [5.41, 5.74) is 1.30. The van der Waals surface area contributed by atoms with E-state index in [1.54, 1.807) is 12.1 Å². The number of carboxylic acids is 1. The number of ether oxygens (including phenoxy) is 1. The zero-order valence-electron chi connectivity index (χ0n) is 15.5. The van der Waals surface area contributed by atoms with E-state index in [0.29, 0.717) is 31.9 Å². The number of rotatable bonds is 7. The number of hydrogen-bond acceptors (Lipinski definition) is 5. The first-order valence-corrected chi connectivity index (χ1v) is 10.6. The number of nitrogens with one attached hydrogen (secondary N) is 1. The van der Waals surface area contributed by atoms with Crippen LogP contribution in [0.5, 0.6) is 0 Å². The number of carbonyl (C=O) groups is 1. The van der Waals surface area contributed by atoms with Crippen LogP contribution >= 0.6 is 8.46 Å². The van der Waals surface area contributed by atoms with Crippen molar-refractivity contribution < 1.29 is 24.3 Å². The maximum absolute atomic E-state index is 11.8.